The summed E-state index contributed by atoms with van der Waals surface area (Å²) >= 11 is 0. The van der Waals surface area contributed by atoms with Gasteiger partial charge in [-0.15, -0.1) is 0 Å². The Balaban J connectivity index is 2.95. The van der Waals surface area contributed by atoms with Crippen LogP contribution in [0.15, 0.2) is 11.3 Å². The second-order valence-corrected chi connectivity index (χ2v) is 2.71. The molecule has 0 saturated heterocycles. The quantitative estimate of drug-likeness (QED) is 0.444. The zero-order valence-corrected chi connectivity index (χ0v) is 6.11. The van der Waals surface area contributed by atoms with Gasteiger partial charge in [0.25, 0.3) is 0 Å². The number of Topliss-reactive ketones (excluding diaryl/α,β-unsaturated/α-hetero) is 1. The van der Waals surface area contributed by atoms with Crippen molar-refractivity contribution >= 4 is 5.78 Å². The molecule has 0 aromatic carbocycles. The van der Waals surface area contributed by atoms with E-state index in [0.717, 1.165) is 0 Å². The van der Waals surface area contributed by atoms with E-state index in [1.165, 1.54) is 0 Å². The van der Waals surface area contributed by atoms with Crippen LogP contribution in [0, 0.1) is 0 Å². The van der Waals surface area contributed by atoms with Gasteiger partial charge in [0.05, 0.1) is 6.10 Å². The molecule has 2 atom stereocenters. The van der Waals surface area contributed by atoms with Crippen molar-refractivity contribution in [1.29, 1.82) is 0 Å². The van der Waals surface area contributed by atoms with E-state index in [0.29, 0.717) is 5.57 Å². The summed E-state index contributed by atoms with van der Waals surface area (Å²) in [7, 11) is 0. The van der Waals surface area contributed by atoms with Gasteiger partial charge in [0.15, 0.2) is 5.76 Å². The molecule has 0 aromatic heterocycles. The van der Waals surface area contributed by atoms with Crippen LogP contribution in [-0.4, -0.2) is 33.3 Å². The highest BCUT2D eigenvalue weighted by molar-refractivity contribution is 5.98. The lowest BCUT2D eigenvalue weighted by Gasteiger charge is -2.22. The Kier molecular flexibility index (Phi) is 1.97. The topological polar surface area (TPSA) is 77.8 Å². The molecule has 1 aliphatic carbocycles. The second kappa shape index (κ2) is 2.64. The summed E-state index contributed by atoms with van der Waals surface area (Å²) in [4.78, 5) is 10.8. The minimum Gasteiger partial charge on any atom is -0.504 e. The van der Waals surface area contributed by atoms with Gasteiger partial charge in [-0.25, -0.2) is 0 Å². The van der Waals surface area contributed by atoms with E-state index in [1.807, 2.05) is 0 Å². The van der Waals surface area contributed by atoms with Crippen molar-refractivity contribution in [1.82, 2.24) is 0 Å². The highest BCUT2D eigenvalue weighted by Gasteiger charge is 2.33. The first kappa shape index (κ1) is 8.23. The predicted molar refractivity (Wildman–Crippen MR) is 37.0 cm³/mol. The summed E-state index contributed by atoms with van der Waals surface area (Å²) in [6, 6.07) is 0. The lowest BCUT2D eigenvalue weighted by atomic mass is 9.93. The minimum absolute atomic E-state index is 0.152. The van der Waals surface area contributed by atoms with Crippen LogP contribution in [0.5, 0.6) is 0 Å². The van der Waals surface area contributed by atoms with Gasteiger partial charge in [-0.2, -0.15) is 0 Å². The zero-order valence-electron chi connectivity index (χ0n) is 6.11. The summed E-state index contributed by atoms with van der Waals surface area (Å²) in [6.07, 6.45) is -2.38. The Morgan fingerprint density at radius 1 is 1.45 bits per heavy atom. The SMILES string of the molecule is CC1=C(O)C(=O)[C@H](O)[C@H](O)C1. The molecule has 0 unspecified atom stereocenters. The molecule has 0 saturated carbocycles. The number of aliphatic hydroxyl groups excluding tert-OH is 3. The van der Waals surface area contributed by atoms with Crippen LogP contribution in [0.2, 0.25) is 0 Å². The van der Waals surface area contributed by atoms with Crippen LogP contribution in [0.4, 0.5) is 0 Å². The first-order chi connectivity index (χ1) is 5.04. The molecule has 0 aliphatic heterocycles. The van der Waals surface area contributed by atoms with Gasteiger partial charge in [0.1, 0.15) is 6.10 Å². The van der Waals surface area contributed by atoms with Crippen LogP contribution < -0.4 is 0 Å². The third kappa shape index (κ3) is 1.27. The van der Waals surface area contributed by atoms with E-state index in [2.05, 4.69) is 0 Å². The van der Waals surface area contributed by atoms with E-state index < -0.39 is 23.8 Å². The van der Waals surface area contributed by atoms with Crippen molar-refractivity contribution < 1.29 is 20.1 Å². The number of aliphatic hydroxyl groups is 3. The van der Waals surface area contributed by atoms with Crippen molar-refractivity contribution in [2.45, 2.75) is 25.6 Å². The summed E-state index contributed by atoms with van der Waals surface area (Å²) in [5.41, 5.74) is 0.424. The number of carbonyl (C=O) groups excluding carboxylic acids is 1. The zero-order chi connectivity index (χ0) is 8.59. The van der Waals surface area contributed by atoms with Crippen LogP contribution in [0.25, 0.3) is 0 Å². The molecule has 3 N–H and O–H groups in total. The Bertz CT molecular complexity index is 218. The van der Waals surface area contributed by atoms with E-state index in [-0.39, 0.29) is 6.42 Å². The monoisotopic (exact) mass is 158 g/mol. The number of carbonyl (C=O) groups is 1. The molecular formula is C7H10O4. The molecule has 62 valence electrons. The number of hydrogen-bond donors (Lipinski definition) is 3. The second-order valence-electron chi connectivity index (χ2n) is 2.71. The molecule has 0 bridgehead atoms. The first-order valence-electron chi connectivity index (χ1n) is 3.33. The largest absolute Gasteiger partial charge is 0.504 e. The molecule has 4 nitrogen and oxygen atoms in total. The maximum Gasteiger partial charge on any atom is 0.228 e. The van der Waals surface area contributed by atoms with Crippen molar-refractivity contribution in [3.63, 3.8) is 0 Å². The van der Waals surface area contributed by atoms with Gasteiger partial charge in [0.2, 0.25) is 5.78 Å². The van der Waals surface area contributed by atoms with Crippen LogP contribution in [-0.2, 0) is 4.79 Å². The van der Waals surface area contributed by atoms with Crippen molar-refractivity contribution in [3.8, 4) is 0 Å². The van der Waals surface area contributed by atoms with Gasteiger partial charge in [-0.1, -0.05) is 0 Å². The van der Waals surface area contributed by atoms with Gasteiger partial charge in [-0.05, 0) is 12.5 Å². The molecule has 0 aromatic rings. The highest BCUT2D eigenvalue weighted by Crippen LogP contribution is 2.20. The fraction of sp³-hybridized carbons (Fsp3) is 0.571. The lowest BCUT2D eigenvalue weighted by Crippen LogP contribution is -2.39. The number of hydrogen-bond acceptors (Lipinski definition) is 4. The molecule has 0 radical (unpaired) electrons. The van der Waals surface area contributed by atoms with Crippen molar-refractivity contribution in [2.24, 2.45) is 0 Å². The molecule has 1 aliphatic rings. The lowest BCUT2D eigenvalue weighted by molar-refractivity contribution is -0.133. The van der Waals surface area contributed by atoms with E-state index in [4.69, 9.17) is 15.3 Å². The molecule has 0 amide bonds. The molecule has 4 heteroatoms. The molecule has 0 fully saturated rings. The van der Waals surface area contributed by atoms with Gasteiger partial charge in [0, 0.05) is 6.42 Å². The summed E-state index contributed by atoms with van der Waals surface area (Å²) in [5.74, 6) is -1.20. The van der Waals surface area contributed by atoms with Crippen LogP contribution in [0.1, 0.15) is 13.3 Å². The van der Waals surface area contributed by atoms with Crippen molar-refractivity contribution in [2.75, 3.05) is 0 Å². The number of rotatable bonds is 0. The van der Waals surface area contributed by atoms with Crippen LogP contribution >= 0.6 is 0 Å². The predicted octanol–water partition coefficient (Wildman–Crippen LogP) is -0.487. The van der Waals surface area contributed by atoms with Crippen LogP contribution in [0.3, 0.4) is 0 Å². The Hall–Kier alpha value is -0.870. The van der Waals surface area contributed by atoms with Gasteiger partial charge < -0.3 is 15.3 Å². The molecule has 0 heterocycles. The average molecular weight is 158 g/mol. The van der Waals surface area contributed by atoms with E-state index >= 15 is 0 Å². The highest BCUT2D eigenvalue weighted by atomic mass is 16.3. The maximum atomic E-state index is 10.8. The summed E-state index contributed by atoms with van der Waals surface area (Å²) < 4.78 is 0. The molecule has 11 heavy (non-hydrogen) atoms. The maximum absolute atomic E-state index is 10.8. The standard InChI is InChI=1S/C7H10O4/c1-3-2-4(8)6(10)7(11)5(3)9/h4,6,8-10H,2H2,1H3/t4-,6-/m1/s1. The average Bonchev–Trinajstić information content (AvgIpc) is 1.97. The van der Waals surface area contributed by atoms with Crippen molar-refractivity contribution in [3.05, 3.63) is 11.3 Å². The Morgan fingerprint density at radius 2 is 2.00 bits per heavy atom. The third-order valence-corrected chi connectivity index (χ3v) is 1.79. The third-order valence-electron chi connectivity index (χ3n) is 1.79. The van der Waals surface area contributed by atoms with Gasteiger partial charge in [-0.3, -0.25) is 4.79 Å². The molecular weight excluding hydrogens is 148 g/mol. The summed E-state index contributed by atoms with van der Waals surface area (Å²) in [6.45, 7) is 1.54. The fourth-order valence-electron chi connectivity index (χ4n) is 1.05. The van der Waals surface area contributed by atoms with E-state index in [9.17, 15) is 4.79 Å². The molecule has 1 rings (SSSR count). The molecule has 0 spiro atoms. The summed E-state index contributed by atoms with van der Waals surface area (Å²) in [5, 5.41) is 27.0. The first-order valence-corrected chi connectivity index (χ1v) is 3.33. The smallest absolute Gasteiger partial charge is 0.228 e. The Morgan fingerprint density at radius 3 is 2.55 bits per heavy atom. The Labute approximate surface area is 63.8 Å². The van der Waals surface area contributed by atoms with Gasteiger partial charge >= 0.3 is 0 Å². The normalized spacial score (nSPS) is 32.8. The number of ketones is 1. The minimum atomic E-state index is -1.46. The fourth-order valence-corrected chi connectivity index (χ4v) is 1.05. The van der Waals surface area contributed by atoms with E-state index in [1.54, 1.807) is 6.92 Å².